The molecule has 11 heteroatoms. The topological polar surface area (TPSA) is 136 Å². The van der Waals surface area contributed by atoms with Crippen molar-refractivity contribution in [3.8, 4) is 22.8 Å². The highest BCUT2D eigenvalue weighted by Crippen LogP contribution is 2.43. The average molecular weight is 541 g/mol. The van der Waals surface area contributed by atoms with Crippen LogP contribution in [0.25, 0.3) is 27.8 Å². The van der Waals surface area contributed by atoms with Crippen molar-refractivity contribution < 1.29 is 23.4 Å². The normalized spacial score (nSPS) is 11.5. The molecule has 3 rings (SSSR count). The number of amides is 1. The Kier molecular flexibility index (Phi) is 9.64. The Morgan fingerprint density at radius 1 is 1.21 bits per heavy atom. The second kappa shape index (κ2) is 12.9. The van der Waals surface area contributed by atoms with Gasteiger partial charge in [-0.2, -0.15) is 0 Å². The number of halogens is 1. The van der Waals surface area contributed by atoms with Crippen LogP contribution >= 0.6 is 11.6 Å². The van der Waals surface area contributed by atoms with E-state index in [-0.39, 0.29) is 16.8 Å². The Balaban J connectivity index is 2.22. The van der Waals surface area contributed by atoms with Gasteiger partial charge in [-0.15, -0.1) is 0 Å². The van der Waals surface area contributed by atoms with Crippen molar-refractivity contribution in [2.45, 2.75) is 13.3 Å². The zero-order chi connectivity index (χ0) is 27.8. The first-order valence-corrected chi connectivity index (χ1v) is 12.0. The maximum atomic E-state index is 13.2. The van der Waals surface area contributed by atoms with E-state index in [0.29, 0.717) is 58.4 Å². The molecule has 200 valence electrons. The van der Waals surface area contributed by atoms with E-state index in [1.807, 2.05) is 6.92 Å². The molecular weight excluding hydrogens is 512 g/mol. The summed E-state index contributed by atoms with van der Waals surface area (Å²) in [6.45, 7) is 6.09. The molecule has 0 aliphatic heterocycles. The molecule has 3 aromatic rings. The van der Waals surface area contributed by atoms with E-state index in [1.54, 1.807) is 26.4 Å². The molecule has 2 aromatic heterocycles. The van der Waals surface area contributed by atoms with Crippen LogP contribution in [0.15, 0.2) is 52.0 Å². The maximum absolute atomic E-state index is 13.2. The summed E-state index contributed by atoms with van der Waals surface area (Å²) >= 11 is 6.65. The highest BCUT2D eigenvalue weighted by Gasteiger charge is 2.22. The first kappa shape index (κ1) is 28.4. The monoisotopic (exact) mass is 540 g/mol. The number of methoxy groups -OCH3 is 3. The zero-order valence-electron chi connectivity index (χ0n) is 21.6. The predicted octanol–water partition coefficient (Wildman–Crippen LogP) is 3.94. The largest absolute Gasteiger partial charge is 0.496 e. The number of hydrogen-bond donors (Lipinski definition) is 3. The molecule has 0 radical (unpaired) electrons. The fourth-order valence-corrected chi connectivity index (χ4v) is 4.23. The summed E-state index contributed by atoms with van der Waals surface area (Å²) < 4.78 is 21.7. The van der Waals surface area contributed by atoms with Gasteiger partial charge in [-0.05, 0) is 24.6 Å². The summed E-state index contributed by atoms with van der Waals surface area (Å²) in [6, 6.07) is 4.89. The molecule has 0 bridgehead atoms. The van der Waals surface area contributed by atoms with Gasteiger partial charge in [-0.1, -0.05) is 25.1 Å². The molecule has 3 N–H and O–H groups in total. The van der Waals surface area contributed by atoms with Crippen LogP contribution in [0.1, 0.15) is 18.2 Å². The molecule has 10 nitrogen and oxygen atoms in total. The van der Waals surface area contributed by atoms with E-state index in [9.17, 15) is 9.59 Å². The number of rotatable bonds is 12. The van der Waals surface area contributed by atoms with Gasteiger partial charge in [-0.25, -0.2) is 4.79 Å². The molecule has 0 aliphatic rings. The third-order valence-corrected chi connectivity index (χ3v) is 6.08. The summed E-state index contributed by atoms with van der Waals surface area (Å²) in [5.74, 6) is 0.669. The van der Waals surface area contributed by atoms with Gasteiger partial charge in [0, 0.05) is 48.6 Å². The van der Waals surface area contributed by atoms with Crippen molar-refractivity contribution in [2.24, 2.45) is 0 Å². The molecule has 0 unspecified atom stereocenters. The number of fused-ring (bicyclic) bond motifs is 1. The number of hydrogen-bond acceptors (Lipinski definition) is 9. The lowest BCUT2D eigenvalue weighted by Crippen LogP contribution is -2.28. The highest BCUT2D eigenvalue weighted by molar-refractivity contribution is 6.35. The number of pyridine rings is 1. The minimum atomic E-state index is -0.621. The summed E-state index contributed by atoms with van der Waals surface area (Å²) in [6.07, 6.45) is 4.13. The number of allylic oxidation sites excluding steroid dienone is 1. The van der Waals surface area contributed by atoms with Crippen molar-refractivity contribution in [3.63, 3.8) is 0 Å². The van der Waals surface area contributed by atoms with Crippen molar-refractivity contribution in [1.82, 2.24) is 15.6 Å². The summed E-state index contributed by atoms with van der Waals surface area (Å²) in [5, 5.41) is 14.5. The Labute approximate surface area is 224 Å². The Morgan fingerprint density at radius 2 is 1.95 bits per heavy atom. The van der Waals surface area contributed by atoms with Crippen LogP contribution in [0.5, 0.6) is 11.5 Å². The number of ether oxygens (including phenoxy) is 3. The first-order valence-electron chi connectivity index (χ1n) is 11.6. The number of benzene rings is 1. The van der Waals surface area contributed by atoms with E-state index in [4.69, 9.17) is 35.6 Å². The summed E-state index contributed by atoms with van der Waals surface area (Å²) in [5.41, 5.74) is 1.41. The molecule has 0 spiro atoms. The van der Waals surface area contributed by atoms with Gasteiger partial charge in [-0.3, -0.25) is 9.78 Å². The second-order valence-corrected chi connectivity index (χ2v) is 8.28. The lowest BCUT2D eigenvalue weighted by molar-refractivity contribution is -0.115. The Hall–Kier alpha value is -4.15. The van der Waals surface area contributed by atoms with Crippen molar-refractivity contribution >= 4 is 40.2 Å². The highest BCUT2D eigenvalue weighted by atomic mass is 35.5. The quantitative estimate of drug-likeness (QED) is 0.178. The number of carbonyl (C=O) groups excluding carboxylic acids is 1. The number of nitrogens with zero attached hydrogens (tertiary/aromatic N) is 1. The van der Waals surface area contributed by atoms with Crippen LogP contribution in [0.3, 0.4) is 0 Å². The van der Waals surface area contributed by atoms with E-state index >= 15 is 0 Å². The van der Waals surface area contributed by atoms with Crippen LogP contribution in [0, 0.1) is 5.41 Å². The molecular formula is C27H29ClN4O6. The molecule has 0 saturated carbocycles. The molecule has 0 fully saturated rings. The lowest BCUT2D eigenvalue weighted by atomic mass is 9.99. The second-order valence-electron chi connectivity index (χ2n) is 7.90. The third kappa shape index (κ3) is 5.87. The number of aromatic nitrogens is 1. The fourth-order valence-electron chi connectivity index (χ4n) is 3.89. The van der Waals surface area contributed by atoms with Gasteiger partial charge in [0.1, 0.15) is 17.3 Å². The molecule has 1 aromatic carbocycles. The van der Waals surface area contributed by atoms with Crippen LogP contribution in [-0.2, 0) is 16.0 Å². The van der Waals surface area contributed by atoms with Gasteiger partial charge in [0.15, 0.2) is 0 Å². The number of nitrogens with one attached hydrogen (secondary N) is 3. The maximum Gasteiger partial charge on any atom is 0.344 e. The molecule has 1 amide bonds. The van der Waals surface area contributed by atoms with Crippen molar-refractivity contribution in [1.29, 1.82) is 5.41 Å². The van der Waals surface area contributed by atoms with Crippen molar-refractivity contribution in [2.75, 3.05) is 34.5 Å². The number of carbonyl (C=O) groups is 1. The van der Waals surface area contributed by atoms with Crippen LogP contribution in [0.4, 0.5) is 0 Å². The van der Waals surface area contributed by atoms with Crippen LogP contribution in [0.2, 0.25) is 5.02 Å². The van der Waals surface area contributed by atoms with E-state index in [1.165, 1.54) is 19.4 Å². The fraction of sp³-hybridized carbons (Fsp3) is 0.259. The van der Waals surface area contributed by atoms with Gasteiger partial charge in [0.2, 0.25) is 5.91 Å². The van der Waals surface area contributed by atoms with Gasteiger partial charge in [0.25, 0.3) is 0 Å². The smallest absolute Gasteiger partial charge is 0.344 e. The van der Waals surface area contributed by atoms with E-state index < -0.39 is 11.5 Å². The molecule has 0 atom stereocenters. The van der Waals surface area contributed by atoms with Gasteiger partial charge < -0.3 is 34.7 Å². The molecule has 0 saturated heterocycles. The zero-order valence-corrected chi connectivity index (χ0v) is 22.3. The Morgan fingerprint density at radius 3 is 2.55 bits per heavy atom. The SMILES string of the molecule is C=CC(=O)N/C(C=N)=C(/NCCOC)c1cc2c(=O)oc(-c3c(Cl)c(OC)cc(OC)c3CC)cc2cn1. The van der Waals surface area contributed by atoms with Crippen molar-refractivity contribution in [3.05, 3.63) is 69.4 Å². The van der Waals surface area contributed by atoms with Crippen LogP contribution in [-0.4, -0.2) is 51.6 Å². The lowest BCUT2D eigenvalue weighted by Gasteiger charge is -2.17. The minimum absolute atomic E-state index is 0.140. The third-order valence-electron chi connectivity index (χ3n) is 5.70. The molecule has 2 heterocycles. The minimum Gasteiger partial charge on any atom is -0.496 e. The summed E-state index contributed by atoms with van der Waals surface area (Å²) in [4.78, 5) is 29.6. The summed E-state index contributed by atoms with van der Waals surface area (Å²) in [7, 11) is 4.58. The predicted molar refractivity (Wildman–Crippen MR) is 147 cm³/mol. The Bertz CT molecular complexity index is 1460. The van der Waals surface area contributed by atoms with Gasteiger partial charge in [0.05, 0.1) is 48.3 Å². The molecule has 0 aliphatic carbocycles. The van der Waals surface area contributed by atoms with Crippen LogP contribution < -0.4 is 25.7 Å². The van der Waals surface area contributed by atoms with E-state index in [0.717, 1.165) is 17.9 Å². The van der Waals surface area contributed by atoms with Gasteiger partial charge >= 0.3 is 5.63 Å². The molecule has 38 heavy (non-hydrogen) atoms. The standard InChI is InChI=1S/C27H29ClN4O6/c1-6-16-20(36-4)12-22(37-5)25(28)24(16)21-10-15-14-31-18(11-17(15)27(34)38-21)26(30-8-9-35-3)19(13-29)32-23(33)7-2/h7,10-14,29-30H,2,6,8-9H2,1,3-5H3,(H,32,33)/b26-19+,29-13?. The average Bonchev–Trinajstić information content (AvgIpc) is 2.93. The van der Waals surface area contributed by atoms with E-state index in [2.05, 4.69) is 22.2 Å². The first-order chi connectivity index (χ1) is 18.3.